The molecule has 0 bridgehead atoms. The topological polar surface area (TPSA) is 0 Å². The zero-order valence-corrected chi connectivity index (χ0v) is 35.7. The molecule has 6 rings (SSSR count). The molecular formula is C44H26F20I+. The van der Waals surface area contributed by atoms with Crippen molar-refractivity contribution in [3.8, 4) is 0 Å². The summed E-state index contributed by atoms with van der Waals surface area (Å²) < 4.78 is 315. The van der Waals surface area contributed by atoms with Gasteiger partial charge in [0, 0.05) is 0 Å². The Morgan fingerprint density at radius 2 is 0.369 bits per heavy atom. The van der Waals surface area contributed by atoms with Crippen molar-refractivity contribution in [3.63, 3.8) is 0 Å². The van der Waals surface area contributed by atoms with E-state index in [0.29, 0.717) is 24.3 Å². The van der Waals surface area contributed by atoms with E-state index < -0.39 is 164 Å². The molecule has 0 aromatic heterocycles. The first-order chi connectivity index (χ1) is 29.8. The fourth-order valence-electron chi connectivity index (χ4n) is 8.07. The molecule has 0 amide bonds. The van der Waals surface area contributed by atoms with Crippen molar-refractivity contribution < 1.29 is 103 Å². The molecule has 6 aromatic rings. The Hall–Kier alpha value is -5.35. The Labute approximate surface area is 352 Å². The van der Waals surface area contributed by atoms with Crippen molar-refractivity contribution in [2.45, 2.75) is 52.4 Å². The Balaban J connectivity index is 2.51. The molecule has 0 atom stereocenters. The Morgan fingerprint density at radius 3 is 0.508 bits per heavy atom. The summed E-state index contributed by atoms with van der Waals surface area (Å²) in [6, 6.07) is 2.02. The third kappa shape index (κ3) is 5.64. The van der Waals surface area contributed by atoms with Crippen LogP contribution in [0.2, 0.25) is 0 Å². The molecule has 0 heterocycles. The molecule has 0 radical (unpaired) electrons. The van der Waals surface area contributed by atoms with Crippen molar-refractivity contribution in [2.24, 2.45) is 0 Å². The van der Waals surface area contributed by atoms with Crippen LogP contribution < -0.4 is 15.7 Å². The number of benzene rings is 6. The van der Waals surface area contributed by atoms with Crippen LogP contribution in [0.25, 0.3) is 0 Å². The first-order valence-corrected chi connectivity index (χ1v) is 24.5. The fourth-order valence-corrected chi connectivity index (χ4v) is 32.7. The maximum atomic E-state index is 17.8. The van der Waals surface area contributed by atoms with Crippen molar-refractivity contribution in [1.29, 1.82) is 0 Å². The van der Waals surface area contributed by atoms with E-state index in [0.717, 1.165) is 0 Å². The molecule has 6 aromatic carbocycles. The van der Waals surface area contributed by atoms with Crippen LogP contribution in [0.1, 0.15) is 52.7 Å². The third-order valence-electron chi connectivity index (χ3n) is 11.0. The van der Waals surface area contributed by atoms with E-state index >= 15 is 87.8 Å². The van der Waals surface area contributed by atoms with E-state index in [2.05, 4.69) is 0 Å². The van der Waals surface area contributed by atoms with Crippen LogP contribution in [0.5, 0.6) is 0 Å². The first kappa shape index (κ1) is 49.1. The van der Waals surface area contributed by atoms with E-state index in [1.165, 1.54) is 41.5 Å². The van der Waals surface area contributed by atoms with Gasteiger partial charge in [-0.3, -0.25) is 0 Å². The monoisotopic (exact) mass is 1060 g/mol. The average Bonchev–Trinajstić information content (AvgIpc) is 3.25. The summed E-state index contributed by atoms with van der Waals surface area (Å²) in [7, 11) is 0. The second-order valence-corrected chi connectivity index (χ2v) is 31.4. The second kappa shape index (κ2) is 15.1. The van der Waals surface area contributed by atoms with E-state index in [-0.39, 0.29) is 35.4 Å². The molecule has 21 heteroatoms. The summed E-state index contributed by atoms with van der Waals surface area (Å²) in [5, 5.41) is 0. The van der Waals surface area contributed by atoms with E-state index in [4.69, 9.17) is 0 Å². The Kier molecular flexibility index (Phi) is 11.4. The summed E-state index contributed by atoms with van der Waals surface area (Å²) in [5.41, 5.74) is -3.08. The van der Waals surface area contributed by atoms with Gasteiger partial charge in [-0.05, 0) is 0 Å². The van der Waals surface area contributed by atoms with Crippen LogP contribution in [0.3, 0.4) is 0 Å². The van der Waals surface area contributed by atoms with Gasteiger partial charge in [0.1, 0.15) is 0 Å². The van der Waals surface area contributed by atoms with Crippen molar-refractivity contribution >= 4 is 0 Å². The summed E-state index contributed by atoms with van der Waals surface area (Å²) in [5.74, 6) is -72.0. The van der Waals surface area contributed by atoms with E-state index in [1.807, 2.05) is 0 Å². The SMILES string of the molecule is CC(C)(C)c1ccc([I+](c2ccc(C(C)(C)C)cc2)(c2c(F)c(F)c(F)c(F)c2F)(c2c(F)c(F)c(F)c(F)c2F)(c2c(F)c(F)c(F)c(F)c2F)c2c(F)c(F)c(F)c(F)c2F)cc1. The number of hydrogen-bond acceptors (Lipinski definition) is 0. The molecule has 0 aliphatic carbocycles. The molecule has 0 unspecified atom stereocenters. The molecule has 0 N–H and O–H groups in total. The molecule has 0 saturated heterocycles. The van der Waals surface area contributed by atoms with Gasteiger partial charge in [-0.15, -0.1) is 0 Å². The minimum atomic E-state index is -12.3. The molecule has 0 saturated carbocycles. The number of hydrogen-bond donors (Lipinski definition) is 0. The van der Waals surface area contributed by atoms with Gasteiger partial charge in [-0.1, -0.05) is 0 Å². The summed E-state index contributed by atoms with van der Waals surface area (Å²) in [6.07, 6.45) is 0. The predicted molar refractivity (Wildman–Crippen MR) is 187 cm³/mol. The van der Waals surface area contributed by atoms with Gasteiger partial charge in [0.15, 0.2) is 0 Å². The molecule has 348 valence electrons. The van der Waals surface area contributed by atoms with Crippen LogP contribution in [0.15, 0.2) is 48.5 Å². The Bertz CT molecular complexity index is 2560. The van der Waals surface area contributed by atoms with Gasteiger partial charge < -0.3 is 0 Å². The molecule has 0 aliphatic heterocycles. The predicted octanol–water partition coefficient (Wildman–Crippen LogP) is 10.8. The van der Waals surface area contributed by atoms with Crippen LogP contribution in [-0.4, -0.2) is 0 Å². The van der Waals surface area contributed by atoms with Gasteiger partial charge in [0.2, 0.25) is 0 Å². The zero-order chi connectivity index (χ0) is 49.2. The van der Waals surface area contributed by atoms with Crippen molar-refractivity contribution in [2.75, 3.05) is 0 Å². The van der Waals surface area contributed by atoms with Gasteiger partial charge >= 0.3 is 353 Å². The van der Waals surface area contributed by atoms with Crippen molar-refractivity contribution in [1.82, 2.24) is 0 Å². The fraction of sp³-hybridized carbons (Fsp3) is 0.182. The van der Waals surface area contributed by atoms with Gasteiger partial charge in [-0.2, -0.15) is 0 Å². The summed E-state index contributed by atoms with van der Waals surface area (Å²) in [6.45, 7) is 7.97. The van der Waals surface area contributed by atoms with Crippen LogP contribution in [-0.2, 0) is 10.8 Å². The summed E-state index contributed by atoms with van der Waals surface area (Å²) in [4.78, 5) is 0. The molecule has 0 nitrogen and oxygen atoms in total. The standard InChI is InChI=1S/C44H26F20I/c1-43(2,3)15-7-11-17(12-8-15)65(18-13-9-16(10-14-18)44(4,5)6,39-31(57)23(49)19(45)24(50)32(39)58,40-33(59)25(51)20(46)26(52)34(40)60,41-35(61)27(53)21(47)28(54)36(41)62)42-37(63)29(55)22(48)30(56)38(42)64/h7-14H,1-6H3/q+1. The quantitative estimate of drug-likeness (QED) is 0.0675. The van der Waals surface area contributed by atoms with Gasteiger partial charge in [-0.25, -0.2) is 0 Å². The van der Waals surface area contributed by atoms with Crippen LogP contribution in [0, 0.1) is 138 Å². The van der Waals surface area contributed by atoms with E-state index in [9.17, 15) is 0 Å². The Morgan fingerprint density at radius 1 is 0.231 bits per heavy atom. The molecule has 0 aliphatic rings. The molecule has 0 fully saturated rings. The minimum absolute atomic E-state index is 0.00708. The molecule has 0 spiro atoms. The average molecular weight is 1060 g/mol. The normalized spacial score (nSPS) is 13.6. The molecule has 65 heavy (non-hydrogen) atoms. The maximum absolute atomic E-state index is 17.8. The van der Waals surface area contributed by atoms with E-state index in [1.54, 1.807) is 0 Å². The van der Waals surface area contributed by atoms with Crippen molar-refractivity contribution in [3.05, 3.63) is 197 Å². The number of halogens is 21. The summed E-state index contributed by atoms with van der Waals surface area (Å²) >= 11 is -12.3. The number of rotatable bonds is 6. The van der Waals surface area contributed by atoms with Gasteiger partial charge in [0.05, 0.1) is 0 Å². The first-order valence-electron chi connectivity index (χ1n) is 18.1. The second-order valence-electron chi connectivity index (χ2n) is 16.5. The molecular weight excluding hydrogens is 1040 g/mol. The van der Waals surface area contributed by atoms with Gasteiger partial charge in [0.25, 0.3) is 0 Å². The third-order valence-corrected chi connectivity index (χ3v) is 33.3. The zero-order valence-electron chi connectivity index (χ0n) is 33.6. The van der Waals surface area contributed by atoms with Crippen LogP contribution in [0.4, 0.5) is 87.8 Å². The van der Waals surface area contributed by atoms with Crippen LogP contribution >= 0.6 is 0 Å².